The van der Waals surface area contributed by atoms with E-state index in [1.54, 1.807) is 18.4 Å². The van der Waals surface area contributed by atoms with Crippen LogP contribution < -0.4 is 10.1 Å². The first-order chi connectivity index (χ1) is 9.52. The molecule has 2 rings (SSSR count). The van der Waals surface area contributed by atoms with Crippen molar-refractivity contribution in [2.75, 3.05) is 7.11 Å². The van der Waals surface area contributed by atoms with E-state index in [0.29, 0.717) is 6.54 Å². The molecule has 1 N–H and O–H groups in total. The summed E-state index contributed by atoms with van der Waals surface area (Å²) in [6.07, 6.45) is 3.78. The lowest BCUT2D eigenvalue weighted by Gasteiger charge is -2.15. The molecular weight excluding hydrogens is 270 g/mol. The minimum absolute atomic E-state index is 0.224. The zero-order valence-corrected chi connectivity index (χ0v) is 13.5. The summed E-state index contributed by atoms with van der Waals surface area (Å²) in [6.45, 7) is 8.97. The lowest BCUT2D eigenvalue weighted by Crippen LogP contribution is -2.19. The molecule has 1 unspecified atom stereocenters. The van der Waals surface area contributed by atoms with Crippen LogP contribution in [0.25, 0.3) is 0 Å². The Balaban J connectivity index is 2.07. The molecule has 0 saturated heterocycles. The highest BCUT2D eigenvalue weighted by Gasteiger charge is 2.12. The van der Waals surface area contributed by atoms with E-state index in [4.69, 9.17) is 4.74 Å². The van der Waals surface area contributed by atoms with Gasteiger partial charge in [0.25, 0.3) is 0 Å². The molecule has 0 fully saturated rings. The van der Waals surface area contributed by atoms with E-state index in [9.17, 15) is 0 Å². The minimum Gasteiger partial charge on any atom is -0.496 e. The fourth-order valence-corrected chi connectivity index (χ4v) is 2.96. The molecule has 0 saturated carbocycles. The number of hydrogen-bond donors (Lipinski definition) is 1. The third-order valence-corrected chi connectivity index (χ3v) is 4.43. The van der Waals surface area contributed by atoms with Crippen molar-refractivity contribution >= 4 is 11.3 Å². The summed E-state index contributed by atoms with van der Waals surface area (Å²) in [4.78, 5) is 10.1. The molecule has 108 valence electrons. The Morgan fingerprint density at radius 3 is 2.60 bits per heavy atom. The Kier molecular flexibility index (Phi) is 4.73. The monoisotopic (exact) mass is 291 g/mol. The molecule has 2 aromatic heterocycles. The first-order valence-electron chi connectivity index (χ1n) is 6.67. The number of nitrogens with one attached hydrogen (secondary N) is 1. The second-order valence-electron chi connectivity index (χ2n) is 4.96. The summed E-state index contributed by atoms with van der Waals surface area (Å²) < 4.78 is 5.43. The van der Waals surface area contributed by atoms with Crippen LogP contribution in [0.3, 0.4) is 0 Å². The third kappa shape index (κ3) is 3.16. The molecule has 0 aliphatic carbocycles. The molecule has 2 heterocycles. The molecule has 1 atom stereocenters. The van der Waals surface area contributed by atoms with Crippen LogP contribution in [0.15, 0.2) is 12.4 Å². The number of ether oxygens (including phenoxy) is 1. The molecule has 0 aliphatic heterocycles. The first-order valence-corrected chi connectivity index (χ1v) is 7.49. The van der Waals surface area contributed by atoms with Crippen molar-refractivity contribution in [1.82, 2.24) is 15.3 Å². The van der Waals surface area contributed by atoms with Gasteiger partial charge in [-0.05, 0) is 27.7 Å². The maximum absolute atomic E-state index is 5.43. The molecule has 5 heteroatoms. The minimum atomic E-state index is 0.224. The zero-order valence-electron chi connectivity index (χ0n) is 12.7. The van der Waals surface area contributed by atoms with Gasteiger partial charge in [-0.25, -0.2) is 4.98 Å². The number of thiazole rings is 1. The van der Waals surface area contributed by atoms with Crippen molar-refractivity contribution in [1.29, 1.82) is 0 Å². The van der Waals surface area contributed by atoms with Crippen LogP contribution in [0.1, 0.15) is 39.7 Å². The summed E-state index contributed by atoms with van der Waals surface area (Å²) in [7, 11) is 1.70. The van der Waals surface area contributed by atoms with Gasteiger partial charge in [-0.15, -0.1) is 11.3 Å². The Labute approximate surface area is 124 Å². The van der Waals surface area contributed by atoms with E-state index >= 15 is 0 Å². The highest BCUT2D eigenvalue weighted by molar-refractivity contribution is 7.11. The topological polar surface area (TPSA) is 47.0 Å². The first kappa shape index (κ1) is 14.9. The van der Waals surface area contributed by atoms with Gasteiger partial charge in [0.1, 0.15) is 10.8 Å². The van der Waals surface area contributed by atoms with Gasteiger partial charge in [-0.2, -0.15) is 0 Å². The Morgan fingerprint density at radius 1 is 1.25 bits per heavy atom. The molecule has 0 spiro atoms. The van der Waals surface area contributed by atoms with Crippen molar-refractivity contribution in [3.05, 3.63) is 39.1 Å². The fraction of sp³-hybridized carbons (Fsp3) is 0.467. The lowest BCUT2D eigenvalue weighted by molar-refractivity contribution is 0.406. The maximum Gasteiger partial charge on any atom is 0.128 e. The number of rotatable bonds is 5. The predicted molar refractivity (Wildman–Crippen MR) is 82.4 cm³/mol. The summed E-state index contributed by atoms with van der Waals surface area (Å²) in [5, 5.41) is 4.58. The molecule has 0 aliphatic rings. The Bertz CT molecular complexity index is 595. The van der Waals surface area contributed by atoms with Gasteiger partial charge in [0.05, 0.1) is 18.8 Å². The highest BCUT2D eigenvalue weighted by atomic mass is 32.1. The lowest BCUT2D eigenvalue weighted by atomic mass is 10.1. The third-order valence-electron chi connectivity index (χ3n) is 3.34. The smallest absolute Gasteiger partial charge is 0.128 e. The van der Waals surface area contributed by atoms with Crippen LogP contribution in [0.5, 0.6) is 5.75 Å². The quantitative estimate of drug-likeness (QED) is 0.918. The van der Waals surface area contributed by atoms with E-state index in [0.717, 1.165) is 27.6 Å². The van der Waals surface area contributed by atoms with Crippen molar-refractivity contribution in [2.24, 2.45) is 0 Å². The summed E-state index contributed by atoms with van der Waals surface area (Å²) in [5.41, 5.74) is 3.19. The van der Waals surface area contributed by atoms with Gasteiger partial charge in [0.15, 0.2) is 0 Å². The molecule has 0 bridgehead atoms. The second kappa shape index (κ2) is 6.33. The van der Waals surface area contributed by atoms with Crippen LogP contribution in [-0.4, -0.2) is 17.1 Å². The SMILES string of the molecule is COc1c(C)cnc(CNC(C)c2ncc(C)s2)c1C. The average molecular weight is 291 g/mol. The van der Waals surface area contributed by atoms with Crippen molar-refractivity contribution in [3.8, 4) is 5.75 Å². The van der Waals surface area contributed by atoms with Gasteiger partial charge >= 0.3 is 0 Å². The van der Waals surface area contributed by atoms with E-state index in [1.807, 2.05) is 26.2 Å². The van der Waals surface area contributed by atoms with Gasteiger partial charge in [0, 0.05) is 34.9 Å². The number of hydrogen-bond acceptors (Lipinski definition) is 5. The van der Waals surface area contributed by atoms with E-state index in [-0.39, 0.29) is 6.04 Å². The van der Waals surface area contributed by atoms with Crippen molar-refractivity contribution < 1.29 is 4.74 Å². The van der Waals surface area contributed by atoms with E-state index in [1.165, 1.54) is 4.88 Å². The van der Waals surface area contributed by atoms with Gasteiger partial charge < -0.3 is 10.1 Å². The fourth-order valence-electron chi connectivity index (χ4n) is 2.16. The summed E-state index contributed by atoms with van der Waals surface area (Å²) >= 11 is 1.73. The number of aromatic nitrogens is 2. The molecule has 4 nitrogen and oxygen atoms in total. The van der Waals surface area contributed by atoms with Crippen LogP contribution in [0.4, 0.5) is 0 Å². The molecule has 0 amide bonds. The van der Waals surface area contributed by atoms with E-state index in [2.05, 4.69) is 29.1 Å². The van der Waals surface area contributed by atoms with Crippen LogP contribution in [0.2, 0.25) is 0 Å². The molecule has 0 aromatic carbocycles. The predicted octanol–water partition coefficient (Wildman–Crippen LogP) is 3.32. The number of aryl methyl sites for hydroxylation is 2. The van der Waals surface area contributed by atoms with Crippen LogP contribution >= 0.6 is 11.3 Å². The second-order valence-corrected chi connectivity index (χ2v) is 6.22. The zero-order chi connectivity index (χ0) is 14.7. The highest BCUT2D eigenvalue weighted by Crippen LogP contribution is 2.25. The normalized spacial score (nSPS) is 12.4. The number of nitrogens with zero attached hydrogens (tertiary/aromatic N) is 2. The van der Waals surface area contributed by atoms with Gasteiger partial charge in [0.2, 0.25) is 0 Å². The van der Waals surface area contributed by atoms with E-state index < -0.39 is 0 Å². The van der Waals surface area contributed by atoms with Crippen molar-refractivity contribution in [2.45, 2.75) is 40.3 Å². The maximum atomic E-state index is 5.43. The number of pyridine rings is 1. The summed E-state index contributed by atoms with van der Waals surface area (Å²) in [6, 6.07) is 0.224. The molecular formula is C15H21N3OS. The van der Waals surface area contributed by atoms with Crippen LogP contribution in [-0.2, 0) is 6.54 Å². The van der Waals surface area contributed by atoms with Crippen molar-refractivity contribution in [3.63, 3.8) is 0 Å². The Hall–Kier alpha value is -1.46. The molecule has 20 heavy (non-hydrogen) atoms. The van der Waals surface area contributed by atoms with Gasteiger partial charge in [-0.3, -0.25) is 4.98 Å². The van der Waals surface area contributed by atoms with Crippen LogP contribution in [0, 0.1) is 20.8 Å². The number of methoxy groups -OCH3 is 1. The Morgan fingerprint density at radius 2 is 2.00 bits per heavy atom. The van der Waals surface area contributed by atoms with Gasteiger partial charge in [-0.1, -0.05) is 0 Å². The summed E-state index contributed by atoms with van der Waals surface area (Å²) in [5.74, 6) is 0.926. The molecule has 2 aromatic rings. The standard InChI is InChI=1S/C15H21N3OS/c1-9-6-17-13(11(3)14(9)19-5)8-16-12(4)15-18-7-10(2)20-15/h6-7,12,16H,8H2,1-5H3. The molecule has 0 radical (unpaired) electrons. The largest absolute Gasteiger partial charge is 0.496 e. The average Bonchev–Trinajstić information content (AvgIpc) is 2.85.